The minimum Gasteiger partial charge on any atom is -0.741 e. The summed E-state index contributed by atoms with van der Waals surface area (Å²) in [4.78, 5) is 4.25. The van der Waals surface area contributed by atoms with Crippen molar-refractivity contribution in [1.29, 1.82) is 0 Å². The molecule has 343 valence electrons. The molecule has 0 aliphatic heterocycles. The number of rotatable bonds is 3. The van der Waals surface area contributed by atoms with Gasteiger partial charge in [0.1, 0.15) is 0 Å². The average molecular weight is 1130 g/mol. The average Bonchev–Trinajstić information content (AvgIpc) is 3.79. The van der Waals surface area contributed by atoms with Crippen LogP contribution in [0.25, 0.3) is 5.32 Å². The van der Waals surface area contributed by atoms with Gasteiger partial charge >= 0.3 is 25.0 Å². The fourth-order valence-corrected chi connectivity index (χ4v) is 7.12. The molecule has 1 fully saturated rings. The van der Waals surface area contributed by atoms with E-state index in [4.69, 9.17) is 19.3 Å². The van der Waals surface area contributed by atoms with Crippen molar-refractivity contribution in [2.75, 3.05) is 14.1 Å². The maximum atomic E-state index is 10.7. The van der Waals surface area contributed by atoms with E-state index in [1.807, 2.05) is 17.9 Å². The van der Waals surface area contributed by atoms with E-state index in [-0.39, 0.29) is 279 Å². The molecule has 0 spiro atoms. The molecule has 1 heterocycles. The number of benzene rings is 3. The van der Waals surface area contributed by atoms with E-state index in [1.54, 1.807) is 14.1 Å². The predicted molar refractivity (Wildman–Crippen MR) is 228 cm³/mol. The van der Waals surface area contributed by atoms with Crippen LogP contribution in [0.15, 0.2) is 117 Å². The van der Waals surface area contributed by atoms with Gasteiger partial charge in [-0.2, -0.15) is 47.1 Å². The number of hydrogen-bond acceptors (Lipinski definition) is 4. The van der Waals surface area contributed by atoms with Crippen LogP contribution >= 0.6 is 26.7 Å². The molecular formula is C38H60Ar6F3N3O3P3RuS. The normalized spacial score (nSPS) is 10.3. The Morgan fingerprint density at radius 1 is 0.690 bits per heavy atom. The molecule has 0 N–H and O–H groups in total. The van der Waals surface area contributed by atoms with E-state index in [0.29, 0.717) is 0 Å². The Hall–Kier alpha value is 5.61. The van der Waals surface area contributed by atoms with Gasteiger partial charge in [-0.3, -0.25) is 0 Å². The van der Waals surface area contributed by atoms with Crippen molar-refractivity contribution in [3.8, 4) is 0 Å². The van der Waals surface area contributed by atoms with Gasteiger partial charge in [0, 0.05) is 245 Å². The quantitative estimate of drug-likeness (QED) is 0.0512. The largest absolute Gasteiger partial charge is 3.00 e. The topological polar surface area (TPSA) is 89.1 Å². The first kappa shape index (κ1) is 90.1. The number of imidazole rings is 1. The van der Waals surface area contributed by atoms with E-state index in [9.17, 15) is 13.2 Å². The summed E-state index contributed by atoms with van der Waals surface area (Å²) in [6.45, 7) is 10.7. The summed E-state index contributed by atoms with van der Waals surface area (Å²) in [6, 6.07) is 31.9. The Morgan fingerprint density at radius 2 is 0.914 bits per heavy atom. The Morgan fingerprint density at radius 3 is 1.05 bits per heavy atom. The second-order valence-corrected chi connectivity index (χ2v) is 16.1. The van der Waals surface area contributed by atoms with Crippen molar-refractivity contribution in [1.82, 2.24) is 9.55 Å². The summed E-state index contributed by atoms with van der Waals surface area (Å²) in [5, 5.41) is 7.45. The SMILES string of the molecule is C1CCCC1.C=C.C=P(c1ccccc1)(c1ccccc1)c1ccccc1.C[N-]C.Cn1cnc(C(C)(C)C)c1.O=S(=O)([O-])C(F)(F)F.P.P.[Ar].[Ar].[Ar].[Ar].[Ar].[Ar].[CH3-].[Ru+3]. The summed E-state index contributed by atoms with van der Waals surface area (Å²) in [5.74, 6) is 0. The van der Waals surface area contributed by atoms with E-state index in [1.165, 1.54) is 48.0 Å². The Balaban J connectivity index is -0.0000000562. The molecular weight excluding hydrogens is 1070 g/mol. The third kappa shape index (κ3) is 38.6. The molecule has 4 aromatic rings. The van der Waals surface area contributed by atoms with Crippen LogP contribution in [0.1, 0.15) is 58.6 Å². The molecule has 1 aromatic heterocycles. The maximum Gasteiger partial charge on any atom is 3.00 e. The van der Waals surface area contributed by atoms with Gasteiger partial charge in [0.05, 0.1) is 12.0 Å². The predicted octanol–water partition coefficient (Wildman–Crippen LogP) is 9.12. The minimum absolute atomic E-state index is 0. The monoisotopic (exact) mass is 1130 g/mol. The van der Waals surface area contributed by atoms with E-state index in [2.05, 4.69) is 141 Å². The van der Waals surface area contributed by atoms with Crippen LogP contribution in [-0.2, 0) is 42.1 Å². The summed E-state index contributed by atoms with van der Waals surface area (Å²) >= 11 is 0. The van der Waals surface area contributed by atoms with Gasteiger partial charge in [-0.1, -0.05) is 150 Å². The van der Waals surface area contributed by atoms with Gasteiger partial charge in [-0.15, -0.1) is 13.2 Å². The summed E-state index contributed by atoms with van der Waals surface area (Å²) < 4.78 is 60.9. The molecule has 20 heteroatoms. The Labute approximate surface area is 549 Å². The molecule has 0 amide bonds. The van der Waals surface area contributed by atoms with Crippen LogP contribution in [0.3, 0.4) is 0 Å². The molecule has 5 rings (SSSR count). The van der Waals surface area contributed by atoms with Gasteiger partial charge in [-0.25, -0.2) is 13.4 Å². The van der Waals surface area contributed by atoms with Crippen molar-refractivity contribution < 1.29 is 272 Å². The Bertz CT molecular complexity index is 1490. The molecule has 2 atom stereocenters. The number of aromatic nitrogens is 2. The van der Waals surface area contributed by atoms with Crippen LogP contribution in [0.5, 0.6) is 0 Å². The van der Waals surface area contributed by atoms with Gasteiger partial charge in [0.25, 0.3) is 0 Å². The molecule has 1 saturated carbocycles. The Kier molecular flexibility index (Phi) is 78.4. The van der Waals surface area contributed by atoms with Crippen molar-refractivity contribution in [2.45, 2.75) is 63.8 Å². The van der Waals surface area contributed by atoms with E-state index in [0.717, 1.165) is 5.69 Å². The van der Waals surface area contributed by atoms with Crippen molar-refractivity contribution in [3.05, 3.63) is 135 Å². The first-order chi connectivity index (χ1) is 22.5. The van der Waals surface area contributed by atoms with Crippen molar-refractivity contribution >= 4 is 59.0 Å². The number of nitrogens with zero attached hydrogens (tertiary/aromatic N) is 3. The number of aryl methyl sites for hydroxylation is 1. The number of hydrogen-bond donors (Lipinski definition) is 0. The third-order valence-corrected chi connectivity index (χ3v) is 10.7. The zero-order valence-electron chi connectivity index (χ0n) is 33.9. The van der Waals surface area contributed by atoms with Crippen LogP contribution in [0, 0.1) is 234 Å². The molecule has 1 aliphatic rings. The first-order valence-corrected chi connectivity index (χ1v) is 18.8. The molecule has 1 radical (unpaired) electrons. The molecule has 6 nitrogen and oxygen atoms in total. The van der Waals surface area contributed by atoms with Crippen LogP contribution in [0.2, 0.25) is 0 Å². The van der Waals surface area contributed by atoms with Gasteiger partial charge in [0.2, 0.25) is 0 Å². The molecule has 0 saturated heterocycles. The summed E-state index contributed by atoms with van der Waals surface area (Å²) in [6.07, 6.45) is 16.1. The zero-order valence-corrected chi connectivity index (χ0v) is 44.4. The molecule has 2 unspecified atom stereocenters. The fourth-order valence-electron chi connectivity index (χ4n) is 4.18. The molecule has 0 bridgehead atoms. The van der Waals surface area contributed by atoms with Crippen LogP contribution in [0.4, 0.5) is 13.2 Å². The first-order valence-electron chi connectivity index (χ1n) is 15.4. The standard InChI is InChI=1S/C19H17P.C8H14N2.C5H10.C2H6N.C2H4.CHF3O3S.CH3.6Ar.2H3P.Ru/c1-20(17-11-5-2-6-12-17,18-13-7-3-8-14-18)19-15-9-4-10-16-19;1-8(2,3)7-5-10(4)6-9-7;1-2-4-5-3-1;1-3-2;1-2;2-1(3,4)8(5,6)7;;;;;;;;;;/h2-16H,1H2;5-6H,1-4H3;1-5H2;1-2H3;1-2H2;(H,5,6,7);1H3;;;;;;;2*1H3;/q;;;-1;;;-1;;;;;;;;;+3/p-1. The van der Waals surface area contributed by atoms with E-state index < -0.39 is 22.5 Å². The second kappa shape index (κ2) is 50.5. The molecule has 1 aliphatic carbocycles. The van der Waals surface area contributed by atoms with E-state index >= 15 is 0 Å². The van der Waals surface area contributed by atoms with Crippen LogP contribution < -0.4 is 15.9 Å². The van der Waals surface area contributed by atoms with Gasteiger partial charge in [0.15, 0.2) is 10.1 Å². The summed E-state index contributed by atoms with van der Waals surface area (Å²) in [7, 11) is -0.602. The van der Waals surface area contributed by atoms with Crippen molar-refractivity contribution in [3.63, 3.8) is 0 Å². The molecule has 3 aromatic carbocycles. The second-order valence-electron chi connectivity index (χ2n) is 11.6. The van der Waals surface area contributed by atoms with Gasteiger partial charge in [-0.05, 0) is 22.8 Å². The maximum absolute atomic E-state index is 10.7. The zero-order chi connectivity index (χ0) is 36.9. The minimum atomic E-state index is -6.09. The van der Waals surface area contributed by atoms with Crippen molar-refractivity contribution in [2.24, 2.45) is 7.05 Å². The fraction of sp³-hybridized carbons (Fsp3) is 0.342. The van der Waals surface area contributed by atoms with Crippen LogP contribution in [-0.4, -0.2) is 48.4 Å². The smallest absolute Gasteiger partial charge is 0.741 e. The molecule has 58 heavy (non-hydrogen) atoms. The van der Waals surface area contributed by atoms with Gasteiger partial charge < -0.3 is 21.9 Å². The summed E-state index contributed by atoms with van der Waals surface area (Å²) in [5.41, 5.74) is -4.32. The third-order valence-electron chi connectivity index (χ3n) is 6.60. The number of halogens is 3. The number of alkyl halides is 3.